The van der Waals surface area contributed by atoms with E-state index in [4.69, 9.17) is 5.73 Å². The van der Waals surface area contributed by atoms with E-state index < -0.39 is 0 Å². The molecule has 0 bridgehead atoms. The molecule has 3 N–H and O–H groups in total. The van der Waals surface area contributed by atoms with E-state index in [2.05, 4.69) is 5.32 Å². The molecule has 1 unspecified atom stereocenters. The van der Waals surface area contributed by atoms with Gasteiger partial charge >= 0.3 is 6.03 Å². The third kappa shape index (κ3) is 2.08. The number of urea groups is 1. The van der Waals surface area contributed by atoms with Gasteiger partial charge in [-0.15, -0.1) is 0 Å². The van der Waals surface area contributed by atoms with Crippen LogP contribution in [0.15, 0.2) is 0 Å². The van der Waals surface area contributed by atoms with Gasteiger partial charge in [-0.25, -0.2) is 4.79 Å². The zero-order valence-corrected chi connectivity index (χ0v) is 6.84. The van der Waals surface area contributed by atoms with Crippen LogP contribution in [-0.4, -0.2) is 30.7 Å². The largest absolute Gasteiger partial charge is 0.351 e. The number of rotatable bonds is 1. The number of nitrogens with two attached hydrogens (primary N) is 1. The Morgan fingerprint density at radius 3 is 2.82 bits per heavy atom. The molecular formula is C7H15N3O. The van der Waals surface area contributed by atoms with Gasteiger partial charge in [-0.1, -0.05) is 0 Å². The molecule has 2 amide bonds. The fraction of sp³-hybridized carbons (Fsp3) is 0.857. The van der Waals surface area contributed by atoms with Gasteiger partial charge in [-0.05, 0) is 25.8 Å². The summed E-state index contributed by atoms with van der Waals surface area (Å²) in [6.07, 6.45) is 3.54. The molecule has 0 spiro atoms. The molecule has 0 saturated carbocycles. The van der Waals surface area contributed by atoms with Crippen LogP contribution in [0.4, 0.5) is 4.79 Å². The standard InChI is InChI=1S/C7H15N3O/c1-10(7(8)11)6-4-2-3-5-9-6/h6,9H,2-5H2,1H3,(H2,8,11). The molecule has 1 aliphatic rings. The van der Waals surface area contributed by atoms with E-state index in [1.807, 2.05) is 0 Å². The molecule has 1 atom stereocenters. The van der Waals surface area contributed by atoms with Gasteiger partial charge in [0, 0.05) is 7.05 Å². The number of amides is 2. The predicted octanol–water partition coefficient (Wildman–Crippen LogP) is 0.0965. The second-order valence-corrected chi connectivity index (χ2v) is 2.91. The lowest BCUT2D eigenvalue weighted by Gasteiger charge is -2.30. The van der Waals surface area contributed by atoms with Crippen LogP contribution < -0.4 is 11.1 Å². The van der Waals surface area contributed by atoms with E-state index in [-0.39, 0.29) is 12.2 Å². The summed E-state index contributed by atoms with van der Waals surface area (Å²) in [5, 5.41) is 3.23. The van der Waals surface area contributed by atoms with E-state index in [0.29, 0.717) is 0 Å². The Kier molecular flexibility index (Phi) is 2.70. The molecule has 1 rings (SSSR count). The smallest absolute Gasteiger partial charge is 0.315 e. The van der Waals surface area contributed by atoms with Crippen molar-refractivity contribution in [3.63, 3.8) is 0 Å². The Balaban J connectivity index is 2.38. The number of carbonyl (C=O) groups excluding carboxylic acids is 1. The maximum absolute atomic E-state index is 10.7. The zero-order valence-electron chi connectivity index (χ0n) is 6.84. The SMILES string of the molecule is CN(C(N)=O)C1CCCCN1. The zero-order chi connectivity index (χ0) is 8.27. The van der Waals surface area contributed by atoms with Gasteiger partial charge in [0.05, 0.1) is 6.17 Å². The van der Waals surface area contributed by atoms with Crippen molar-refractivity contribution in [3.8, 4) is 0 Å². The minimum Gasteiger partial charge on any atom is -0.351 e. The van der Waals surface area contributed by atoms with Gasteiger partial charge in [0.1, 0.15) is 0 Å². The third-order valence-electron chi connectivity index (χ3n) is 2.10. The second kappa shape index (κ2) is 3.57. The summed E-state index contributed by atoms with van der Waals surface area (Å²) in [5.74, 6) is 0. The first-order valence-corrected chi connectivity index (χ1v) is 3.97. The highest BCUT2D eigenvalue weighted by Gasteiger charge is 2.18. The van der Waals surface area contributed by atoms with Crippen molar-refractivity contribution >= 4 is 6.03 Å². The fourth-order valence-corrected chi connectivity index (χ4v) is 1.32. The van der Waals surface area contributed by atoms with Crippen LogP contribution in [0.1, 0.15) is 19.3 Å². The van der Waals surface area contributed by atoms with Crippen molar-refractivity contribution in [2.24, 2.45) is 5.73 Å². The normalized spacial score (nSPS) is 24.6. The van der Waals surface area contributed by atoms with Crippen LogP contribution in [0.25, 0.3) is 0 Å². The first-order chi connectivity index (χ1) is 5.22. The molecule has 1 heterocycles. The van der Waals surface area contributed by atoms with Crippen LogP contribution in [0.2, 0.25) is 0 Å². The molecule has 64 valence electrons. The second-order valence-electron chi connectivity index (χ2n) is 2.91. The van der Waals surface area contributed by atoms with Crippen molar-refractivity contribution in [2.45, 2.75) is 25.4 Å². The lowest BCUT2D eigenvalue weighted by molar-refractivity contribution is 0.172. The van der Waals surface area contributed by atoms with Gasteiger partial charge in [0.15, 0.2) is 0 Å². The van der Waals surface area contributed by atoms with Gasteiger partial charge in [-0.2, -0.15) is 0 Å². The molecule has 11 heavy (non-hydrogen) atoms. The van der Waals surface area contributed by atoms with Gasteiger partial charge in [0.2, 0.25) is 0 Å². The topological polar surface area (TPSA) is 58.4 Å². The fourth-order valence-electron chi connectivity index (χ4n) is 1.32. The summed E-state index contributed by atoms with van der Waals surface area (Å²) < 4.78 is 0. The van der Waals surface area contributed by atoms with Crippen LogP contribution >= 0.6 is 0 Å². The maximum Gasteiger partial charge on any atom is 0.315 e. The van der Waals surface area contributed by atoms with Gasteiger partial charge in [-0.3, -0.25) is 5.32 Å². The third-order valence-corrected chi connectivity index (χ3v) is 2.10. The maximum atomic E-state index is 10.7. The number of nitrogens with zero attached hydrogens (tertiary/aromatic N) is 1. The van der Waals surface area contributed by atoms with E-state index >= 15 is 0 Å². The number of hydrogen-bond donors (Lipinski definition) is 2. The number of nitrogens with one attached hydrogen (secondary N) is 1. The van der Waals surface area contributed by atoms with Crippen molar-refractivity contribution < 1.29 is 4.79 Å². The minimum absolute atomic E-state index is 0.154. The molecule has 0 aliphatic carbocycles. The van der Waals surface area contributed by atoms with Gasteiger partial charge in [0.25, 0.3) is 0 Å². The van der Waals surface area contributed by atoms with E-state index in [1.54, 1.807) is 11.9 Å². The summed E-state index contributed by atoms with van der Waals surface area (Å²) in [4.78, 5) is 12.3. The Morgan fingerprint density at radius 1 is 1.64 bits per heavy atom. The molecule has 1 saturated heterocycles. The first-order valence-electron chi connectivity index (χ1n) is 3.97. The molecule has 4 nitrogen and oxygen atoms in total. The molecule has 0 aromatic rings. The summed E-state index contributed by atoms with van der Waals surface area (Å²) in [5.41, 5.74) is 5.11. The van der Waals surface area contributed by atoms with Gasteiger partial charge < -0.3 is 10.6 Å². The van der Waals surface area contributed by atoms with Crippen molar-refractivity contribution in [1.29, 1.82) is 0 Å². The average Bonchev–Trinajstić information content (AvgIpc) is 2.05. The highest BCUT2D eigenvalue weighted by Crippen LogP contribution is 2.08. The van der Waals surface area contributed by atoms with Crippen LogP contribution in [0.3, 0.4) is 0 Å². The summed E-state index contributed by atoms with van der Waals surface area (Å²) >= 11 is 0. The molecule has 1 fully saturated rings. The predicted molar refractivity (Wildman–Crippen MR) is 43.0 cm³/mol. The van der Waals surface area contributed by atoms with E-state index in [1.165, 1.54) is 12.8 Å². The highest BCUT2D eigenvalue weighted by atomic mass is 16.2. The quantitative estimate of drug-likeness (QED) is 0.567. The van der Waals surface area contributed by atoms with Crippen LogP contribution in [0.5, 0.6) is 0 Å². The van der Waals surface area contributed by atoms with Crippen molar-refractivity contribution in [1.82, 2.24) is 10.2 Å². The Hall–Kier alpha value is -0.770. The Morgan fingerprint density at radius 2 is 2.36 bits per heavy atom. The number of hydrogen-bond acceptors (Lipinski definition) is 2. The van der Waals surface area contributed by atoms with Crippen molar-refractivity contribution in [3.05, 3.63) is 0 Å². The monoisotopic (exact) mass is 157 g/mol. The lowest BCUT2D eigenvalue weighted by Crippen LogP contribution is -2.50. The molecule has 0 aromatic heterocycles. The summed E-state index contributed by atoms with van der Waals surface area (Å²) in [6, 6.07) is -0.357. The van der Waals surface area contributed by atoms with E-state index in [9.17, 15) is 4.79 Å². The average molecular weight is 157 g/mol. The Bertz CT molecular complexity index is 143. The highest BCUT2D eigenvalue weighted by molar-refractivity contribution is 5.71. The van der Waals surface area contributed by atoms with Crippen LogP contribution in [0, 0.1) is 0 Å². The number of primary amides is 1. The lowest BCUT2D eigenvalue weighted by atomic mass is 10.1. The number of piperidine rings is 1. The summed E-state index contributed by atoms with van der Waals surface area (Å²) in [6.45, 7) is 0.988. The molecule has 0 aromatic carbocycles. The van der Waals surface area contributed by atoms with Crippen LogP contribution in [-0.2, 0) is 0 Å². The molecule has 1 aliphatic heterocycles. The Labute approximate surface area is 66.7 Å². The molecule has 4 heteroatoms. The summed E-state index contributed by atoms with van der Waals surface area (Å²) in [7, 11) is 1.73. The molecule has 0 radical (unpaired) electrons. The molecular weight excluding hydrogens is 142 g/mol. The first kappa shape index (κ1) is 8.33. The van der Waals surface area contributed by atoms with E-state index in [0.717, 1.165) is 13.0 Å². The van der Waals surface area contributed by atoms with Crippen molar-refractivity contribution in [2.75, 3.05) is 13.6 Å². The minimum atomic E-state index is -0.357. The number of carbonyl (C=O) groups is 1.